The maximum atomic E-state index is 5.50. The van der Waals surface area contributed by atoms with Crippen molar-refractivity contribution in [3.8, 4) is 0 Å². The van der Waals surface area contributed by atoms with Crippen molar-refractivity contribution in [2.45, 2.75) is 0 Å². The normalized spacial score (nSPS) is 6.22. The molecular weight excluding hydrogens is 122 g/mol. The number of hydrogen-bond donors (Lipinski definition) is 2. The van der Waals surface area contributed by atoms with Crippen molar-refractivity contribution < 1.29 is 0 Å². The highest BCUT2D eigenvalue weighted by Crippen LogP contribution is 1.53. The lowest BCUT2D eigenvalue weighted by Crippen LogP contribution is -1.84. The van der Waals surface area contributed by atoms with E-state index in [0.29, 0.717) is 0 Å². The fraction of sp³-hybridized carbons (Fsp3) is 0. The third kappa shape index (κ3) is 6.25. The molecule has 0 aliphatic carbocycles. The molecule has 0 aliphatic heterocycles. The molecular formula is C2H4N7+. The molecule has 0 unspecified atom stereocenters. The van der Waals surface area contributed by atoms with Crippen molar-refractivity contribution in [3.63, 3.8) is 0 Å². The van der Waals surface area contributed by atoms with Crippen LogP contribution in [-0.2, 0) is 0 Å². The first kappa shape index (κ1) is 7.25. The summed E-state index contributed by atoms with van der Waals surface area (Å²) in [5, 5.41) is 13.1. The lowest BCUT2D eigenvalue weighted by molar-refractivity contribution is 0.761. The van der Waals surface area contributed by atoms with E-state index in [4.69, 9.17) is 11.1 Å². The maximum absolute atomic E-state index is 5.50. The summed E-state index contributed by atoms with van der Waals surface area (Å²) < 4.78 is 0. The molecule has 1 rings (SSSR count). The zero-order valence-electron chi connectivity index (χ0n) is 4.39. The van der Waals surface area contributed by atoms with Crippen molar-refractivity contribution in [2.75, 3.05) is 0 Å². The molecule has 0 saturated heterocycles. The van der Waals surface area contributed by atoms with Gasteiger partial charge in [0.2, 0.25) is 4.91 Å². The highest BCUT2D eigenvalue weighted by atomic mass is 15.4. The molecule has 1 heterocycles. The number of rotatable bonds is 0. The monoisotopic (exact) mass is 126 g/mol. The van der Waals surface area contributed by atoms with Crippen molar-refractivity contribution in [2.24, 2.45) is 0 Å². The summed E-state index contributed by atoms with van der Waals surface area (Å²) in [7, 11) is 0. The Bertz CT molecular complexity index is 137. The number of nitrogens with one attached hydrogen (secondary N) is 2. The van der Waals surface area contributed by atoms with Gasteiger partial charge >= 0.3 is 0 Å². The molecule has 7 heteroatoms. The molecule has 0 aromatic carbocycles. The third-order valence-corrected chi connectivity index (χ3v) is 0.343. The average Bonchev–Trinajstić information content (AvgIpc) is 1.93. The van der Waals surface area contributed by atoms with Crippen LogP contribution in [0.4, 0.5) is 0 Å². The molecule has 1 aromatic heterocycles. The smallest absolute Gasteiger partial charge is 0.136 e. The van der Waals surface area contributed by atoms with Crippen LogP contribution in [-0.4, -0.2) is 20.6 Å². The highest BCUT2D eigenvalue weighted by Gasteiger charge is 1.61. The first-order valence-electron chi connectivity index (χ1n) is 1.90. The van der Waals surface area contributed by atoms with Crippen molar-refractivity contribution >= 4 is 0 Å². The van der Waals surface area contributed by atoms with Gasteiger partial charge < -0.3 is 0 Å². The third-order valence-electron chi connectivity index (χ3n) is 0.343. The number of hydrogen-bond acceptors (Lipinski definition) is 6. The summed E-state index contributed by atoms with van der Waals surface area (Å²) in [4.78, 5) is 2.00. The van der Waals surface area contributed by atoms with Gasteiger partial charge in [-0.3, -0.25) is 0 Å². The Kier molecular flexibility index (Phi) is 5.03. The Hall–Kier alpha value is -1.75. The minimum atomic E-state index is 1.47. The van der Waals surface area contributed by atoms with Crippen LogP contribution in [0.2, 0.25) is 0 Å². The van der Waals surface area contributed by atoms with Gasteiger partial charge in [0.1, 0.15) is 11.1 Å². The summed E-state index contributed by atoms with van der Waals surface area (Å²) >= 11 is 0. The second-order valence-electron chi connectivity index (χ2n) is 0.820. The lowest BCUT2D eigenvalue weighted by Gasteiger charge is -1.67. The maximum Gasteiger partial charge on any atom is 0.211 e. The molecule has 0 amide bonds. The van der Waals surface area contributed by atoms with Gasteiger partial charge in [0.15, 0.2) is 0 Å². The van der Waals surface area contributed by atoms with E-state index in [0.717, 1.165) is 0 Å². The van der Waals surface area contributed by atoms with Crippen LogP contribution in [0.25, 0.3) is 0 Å². The quantitative estimate of drug-likeness (QED) is 0.356. The number of aromatic nitrogens is 4. The predicted octanol–water partition coefficient (Wildman–Crippen LogP) is -0.618. The molecule has 7 nitrogen and oxygen atoms in total. The SMILES string of the molecule is N=[N+]=N.c1cnnnn1. The summed E-state index contributed by atoms with van der Waals surface area (Å²) in [6.45, 7) is 0. The van der Waals surface area contributed by atoms with Gasteiger partial charge in [-0.05, 0) is 10.4 Å². The molecule has 2 N–H and O–H groups in total. The molecule has 0 bridgehead atoms. The highest BCUT2D eigenvalue weighted by molar-refractivity contribution is 4.52. The minimum absolute atomic E-state index is 1.47. The Morgan fingerprint density at radius 3 is 1.44 bits per heavy atom. The van der Waals surface area contributed by atoms with Gasteiger partial charge in [0, 0.05) is 0 Å². The first-order valence-corrected chi connectivity index (χ1v) is 1.90. The average molecular weight is 126 g/mol. The van der Waals surface area contributed by atoms with E-state index in [-0.39, 0.29) is 0 Å². The van der Waals surface area contributed by atoms with E-state index in [1.807, 2.05) is 4.91 Å². The van der Waals surface area contributed by atoms with Crippen LogP contribution < -0.4 is 4.91 Å². The lowest BCUT2D eigenvalue weighted by atomic mass is 11.0. The largest absolute Gasteiger partial charge is 0.211 e. The van der Waals surface area contributed by atoms with Crippen LogP contribution in [0.5, 0.6) is 0 Å². The second-order valence-corrected chi connectivity index (χ2v) is 0.820. The molecule has 0 radical (unpaired) electrons. The molecule has 9 heavy (non-hydrogen) atoms. The van der Waals surface area contributed by atoms with Gasteiger partial charge in [-0.15, -0.1) is 10.2 Å². The zero-order chi connectivity index (χ0) is 6.95. The molecule has 0 aliphatic rings. The van der Waals surface area contributed by atoms with Gasteiger partial charge in [-0.25, -0.2) is 0 Å². The van der Waals surface area contributed by atoms with Gasteiger partial charge in [-0.2, -0.15) is 0 Å². The Balaban J connectivity index is 0.000000187. The molecule has 46 valence electrons. The van der Waals surface area contributed by atoms with Crippen LogP contribution in [0.3, 0.4) is 0 Å². The molecule has 0 spiro atoms. The summed E-state index contributed by atoms with van der Waals surface area (Å²) in [5.41, 5.74) is 11.0. The fourth-order valence-electron chi connectivity index (χ4n) is 0.165. The van der Waals surface area contributed by atoms with E-state index in [9.17, 15) is 0 Å². The molecule has 1 aromatic rings. The van der Waals surface area contributed by atoms with Gasteiger partial charge in [0.25, 0.3) is 0 Å². The standard InChI is InChI=1S/C2H2N4.H2N3/c1-2-4-6-5-3-1;1-3-2/h1-2H;1-2H/q;+1. The Morgan fingerprint density at radius 2 is 1.33 bits per heavy atom. The minimum Gasteiger partial charge on any atom is -0.136 e. The topological polar surface area (TPSA) is 113 Å². The van der Waals surface area contributed by atoms with E-state index in [1.54, 1.807) is 0 Å². The van der Waals surface area contributed by atoms with Crippen LogP contribution in [0.1, 0.15) is 0 Å². The second kappa shape index (κ2) is 6.25. The summed E-state index contributed by atoms with van der Waals surface area (Å²) in [6.07, 6.45) is 2.93. The number of nitrogens with zero attached hydrogens (tertiary/aromatic N) is 5. The van der Waals surface area contributed by atoms with Crippen LogP contribution in [0, 0.1) is 11.1 Å². The summed E-state index contributed by atoms with van der Waals surface area (Å²) in [5.74, 6) is 0. The Morgan fingerprint density at radius 1 is 1.00 bits per heavy atom. The molecule has 0 saturated carbocycles. The van der Waals surface area contributed by atoms with Gasteiger partial charge in [-0.1, -0.05) is 0 Å². The van der Waals surface area contributed by atoms with Crippen LogP contribution in [0.15, 0.2) is 12.4 Å². The van der Waals surface area contributed by atoms with Crippen LogP contribution >= 0.6 is 0 Å². The van der Waals surface area contributed by atoms with Crippen molar-refractivity contribution in [3.05, 3.63) is 12.4 Å². The molecule has 0 atom stereocenters. The predicted molar refractivity (Wildman–Crippen MR) is 25.2 cm³/mol. The van der Waals surface area contributed by atoms with Gasteiger partial charge in [0.05, 0.1) is 12.4 Å². The van der Waals surface area contributed by atoms with E-state index in [1.165, 1.54) is 12.4 Å². The van der Waals surface area contributed by atoms with E-state index in [2.05, 4.69) is 20.6 Å². The Labute approximate surface area is 50.1 Å². The van der Waals surface area contributed by atoms with E-state index >= 15 is 0 Å². The van der Waals surface area contributed by atoms with Crippen molar-refractivity contribution in [1.82, 2.24) is 25.5 Å². The van der Waals surface area contributed by atoms with Crippen molar-refractivity contribution in [1.29, 1.82) is 11.1 Å². The summed E-state index contributed by atoms with van der Waals surface area (Å²) in [6, 6.07) is 0. The van der Waals surface area contributed by atoms with E-state index < -0.39 is 0 Å². The first-order chi connectivity index (χ1) is 4.41. The zero-order valence-corrected chi connectivity index (χ0v) is 4.39. The molecule has 0 fully saturated rings. The fourth-order valence-corrected chi connectivity index (χ4v) is 0.165.